The zero-order chi connectivity index (χ0) is 10.1. The Morgan fingerprint density at radius 1 is 1.50 bits per heavy atom. The van der Waals surface area contributed by atoms with E-state index in [1.54, 1.807) is 0 Å². The molecule has 0 aliphatic carbocycles. The third kappa shape index (κ3) is 1.31. The Balaban J connectivity index is 2.56. The van der Waals surface area contributed by atoms with Gasteiger partial charge in [-0.3, -0.25) is 4.79 Å². The van der Waals surface area contributed by atoms with Gasteiger partial charge in [-0.15, -0.1) is 0 Å². The van der Waals surface area contributed by atoms with Gasteiger partial charge in [-0.2, -0.15) is 0 Å². The number of aryl methyl sites for hydroxylation is 1. The summed E-state index contributed by atoms with van der Waals surface area (Å²) in [5.41, 5.74) is 3.19. The molecular formula is C12H15NO. The zero-order valence-corrected chi connectivity index (χ0v) is 8.63. The van der Waals surface area contributed by atoms with Gasteiger partial charge in [-0.05, 0) is 24.5 Å². The smallest absolute Gasteiger partial charge is 0.251 e. The molecule has 1 amide bonds. The molecule has 1 aromatic carbocycles. The lowest BCUT2D eigenvalue weighted by Crippen LogP contribution is -2.35. The van der Waals surface area contributed by atoms with Crippen LogP contribution in [0.2, 0.25) is 0 Å². The van der Waals surface area contributed by atoms with E-state index >= 15 is 0 Å². The van der Waals surface area contributed by atoms with E-state index in [1.165, 1.54) is 5.56 Å². The van der Waals surface area contributed by atoms with Crippen LogP contribution in [-0.2, 0) is 0 Å². The van der Waals surface area contributed by atoms with E-state index in [1.807, 2.05) is 19.1 Å². The van der Waals surface area contributed by atoms with Gasteiger partial charge in [-0.25, -0.2) is 0 Å². The first kappa shape index (κ1) is 9.25. The summed E-state index contributed by atoms with van der Waals surface area (Å²) in [6, 6.07) is 6.11. The number of carbonyl (C=O) groups excluding carboxylic acids is 1. The van der Waals surface area contributed by atoms with Gasteiger partial charge in [0.2, 0.25) is 0 Å². The summed E-state index contributed by atoms with van der Waals surface area (Å²) in [7, 11) is 0. The van der Waals surface area contributed by atoms with Gasteiger partial charge in [0.1, 0.15) is 0 Å². The van der Waals surface area contributed by atoms with Gasteiger partial charge in [0.05, 0.1) is 0 Å². The molecular weight excluding hydrogens is 174 g/mol. The summed E-state index contributed by atoms with van der Waals surface area (Å²) in [6.07, 6.45) is 1.08. The van der Waals surface area contributed by atoms with E-state index in [4.69, 9.17) is 0 Å². The second-order valence-corrected chi connectivity index (χ2v) is 3.85. The van der Waals surface area contributed by atoms with Crippen LogP contribution in [0.4, 0.5) is 0 Å². The highest BCUT2D eigenvalue weighted by Gasteiger charge is 2.24. The second-order valence-electron chi connectivity index (χ2n) is 3.85. The van der Waals surface area contributed by atoms with Gasteiger partial charge in [0.25, 0.3) is 5.91 Å². The molecule has 0 bridgehead atoms. The predicted molar refractivity (Wildman–Crippen MR) is 56.5 cm³/mol. The Morgan fingerprint density at radius 3 is 3.00 bits per heavy atom. The van der Waals surface area contributed by atoms with Crippen molar-refractivity contribution in [1.29, 1.82) is 0 Å². The number of nitrogens with one attached hydrogen (secondary N) is 1. The van der Waals surface area contributed by atoms with Crippen molar-refractivity contribution in [3.8, 4) is 0 Å². The number of hydrogen-bond donors (Lipinski definition) is 1. The third-order valence-corrected chi connectivity index (χ3v) is 2.97. The molecule has 1 heterocycles. The molecule has 1 unspecified atom stereocenters. The second kappa shape index (κ2) is 3.45. The average Bonchev–Trinajstić information content (AvgIpc) is 2.18. The Bertz CT molecular complexity index is 371. The number of benzene rings is 1. The van der Waals surface area contributed by atoms with Crippen molar-refractivity contribution in [2.45, 2.75) is 26.2 Å². The maximum absolute atomic E-state index is 11.7. The first-order valence-electron chi connectivity index (χ1n) is 5.11. The van der Waals surface area contributed by atoms with Crippen LogP contribution >= 0.6 is 0 Å². The fraction of sp³-hybridized carbons (Fsp3) is 0.417. The molecule has 1 aliphatic heterocycles. The predicted octanol–water partition coefficient (Wildman–Crippen LogP) is 2.23. The molecule has 0 fully saturated rings. The largest absolute Gasteiger partial charge is 0.351 e. The van der Waals surface area contributed by atoms with Gasteiger partial charge < -0.3 is 5.32 Å². The lowest BCUT2D eigenvalue weighted by Gasteiger charge is -2.25. The Hall–Kier alpha value is -1.31. The summed E-state index contributed by atoms with van der Waals surface area (Å²) in [5, 5.41) is 2.94. The van der Waals surface area contributed by atoms with Crippen LogP contribution in [0.15, 0.2) is 18.2 Å². The van der Waals surface area contributed by atoms with Crippen molar-refractivity contribution in [3.63, 3.8) is 0 Å². The van der Waals surface area contributed by atoms with Gasteiger partial charge in [0, 0.05) is 18.0 Å². The first-order valence-corrected chi connectivity index (χ1v) is 5.11. The van der Waals surface area contributed by atoms with E-state index in [0.29, 0.717) is 5.92 Å². The van der Waals surface area contributed by atoms with Crippen LogP contribution in [0.25, 0.3) is 0 Å². The molecule has 14 heavy (non-hydrogen) atoms. The Kier molecular flexibility index (Phi) is 2.28. The molecule has 0 radical (unpaired) electrons. The van der Waals surface area contributed by atoms with E-state index in [-0.39, 0.29) is 5.91 Å². The summed E-state index contributed by atoms with van der Waals surface area (Å²) >= 11 is 0. The number of fused-ring (bicyclic) bond motifs is 1. The normalized spacial score (nSPS) is 20.1. The molecule has 0 aromatic heterocycles. The number of hydrogen-bond acceptors (Lipinski definition) is 1. The van der Waals surface area contributed by atoms with Crippen molar-refractivity contribution in [1.82, 2.24) is 5.32 Å². The minimum atomic E-state index is 0.0859. The summed E-state index contributed by atoms with van der Waals surface area (Å²) in [6.45, 7) is 4.94. The van der Waals surface area contributed by atoms with Crippen molar-refractivity contribution in [2.24, 2.45) is 0 Å². The molecule has 2 rings (SSSR count). The maximum atomic E-state index is 11.7. The Labute approximate surface area is 84.3 Å². The number of rotatable bonds is 1. The van der Waals surface area contributed by atoms with Crippen molar-refractivity contribution < 1.29 is 4.79 Å². The van der Waals surface area contributed by atoms with Crippen LogP contribution in [0.5, 0.6) is 0 Å². The quantitative estimate of drug-likeness (QED) is 0.721. The minimum Gasteiger partial charge on any atom is -0.351 e. The first-order chi connectivity index (χ1) is 6.74. The highest BCUT2D eigenvalue weighted by Crippen LogP contribution is 2.28. The molecule has 2 heteroatoms. The number of carbonyl (C=O) groups is 1. The molecule has 2 nitrogen and oxygen atoms in total. The lowest BCUT2D eigenvalue weighted by atomic mass is 9.86. The molecule has 1 atom stereocenters. The van der Waals surface area contributed by atoms with Crippen LogP contribution in [0, 0.1) is 6.92 Å². The summed E-state index contributed by atoms with van der Waals surface area (Å²) in [5.74, 6) is 0.574. The lowest BCUT2D eigenvalue weighted by molar-refractivity contribution is 0.0939. The molecule has 1 aliphatic rings. The standard InChI is InChI=1S/C12H15NO/c1-3-9-7-13-12(14)11-8(2)5-4-6-10(9)11/h4-6,9H,3,7H2,1-2H3,(H,13,14). The fourth-order valence-electron chi connectivity index (χ4n) is 2.12. The van der Waals surface area contributed by atoms with E-state index < -0.39 is 0 Å². The van der Waals surface area contributed by atoms with Crippen LogP contribution in [-0.4, -0.2) is 12.5 Å². The molecule has 1 aromatic rings. The van der Waals surface area contributed by atoms with Crippen molar-refractivity contribution >= 4 is 5.91 Å². The molecule has 74 valence electrons. The van der Waals surface area contributed by atoms with Crippen LogP contribution < -0.4 is 5.32 Å². The molecule has 0 saturated heterocycles. The van der Waals surface area contributed by atoms with Gasteiger partial charge in [-0.1, -0.05) is 25.1 Å². The molecule has 0 spiro atoms. The number of amides is 1. The summed E-state index contributed by atoms with van der Waals surface area (Å²) in [4.78, 5) is 11.7. The van der Waals surface area contributed by atoms with Crippen LogP contribution in [0.1, 0.15) is 40.7 Å². The topological polar surface area (TPSA) is 29.1 Å². The summed E-state index contributed by atoms with van der Waals surface area (Å²) < 4.78 is 0. The monoisotopic (exact) mass is 189 g/mol. The van der Waals surface area contributed by atoms with E-state index in [2.05, 4.69) is 18.3 Å². The zero-order valence-electron chi connectivity index (χ0n) is 8.63. The Morgan fingerprint density at radius 2 is 2.29 bits per heavy atom. The van der Waals surface area contributed by atoms with Crippen molar-refractivity contribution in [3.05, 3.63) is 34.9 Å². The van der Waals surface area contributed by atoms with Gasteiger partial charge >= 0.3 is 0 Å². The van der Waals surface area contributed by atoms with E-state index in [0.717, 1.165) is 24.1 Å². The maximum Gasteiger partial charge on any atom is 0.251 e. The highest BCUT2D eigenvalue weighted by molar-refractivity contribution is 5.98. The van der Waals surface area contributed by atoms with E-state index in [9.17, 15) is 4.79 Å². The van der Waals surface area contributed by atoms with Gasteiger partial charge in [0.15, 0.2) is 0 Å². The highest BCUT2D eigenvalue weighted by atomic mass is 16.1. The van der Waals surface area contributed by atoms with Crippen LogP contribution in [0.3, 0.4) is 0 Å². The molecule has 1 N–H and O–H groups in total. The average molecular weight is 189 g/mol. The van der Waals surface area contributed by atoms with Crippen molar-refractivity contribution in [2.75, 3.05) is 6.54 Å². The third-order valence-electron chi connectivity index (χ3n) is 2.97. The fourth-order valence-corrected chi connectivity index (χ4v) is 2.12. The SMILES string of the molecule is CCC1CNC(=O)c2c(C)cccc21. The molecule has 0 saturated carbocycles. The minimum absolute atomic E-state index is 0.0859.